The highest BCUT2D eigenvalue weighted by atomic mass is 127. The van der Waals surface area contributed by atoms with Crippen LogP contribution in [0, 0.1) is 5.92 Å². The maximum Gasteiger partial charge on any atom is 0.446 e. The van der Waals surface area contributed by atoms with Gasteiger partial charge in [0.05, 0.1) is 5.69 Å². The molecule has 0 fully saturated rings. The van der Waals surface area contributed by atoms with E-state index in [9.17, 15) is 18.0 Å². The molecule has 0 saturated heterocycles. The van der Waals surface area contributed by atoms with E-state index < -0.39 is 11.4 Å². The molecule has 0 radical (unpaired) electrons. The zero-order valence-corrected chi connectivity index (χ0v) is 25.3. The van der Waals surface area contributed by atoms with Gasteiger partial charge in [0.1, 0.15) is 27.6 Å². The molecule has 4 rings (SSSR count). The monoisotopic (exact) mass is 696 g/mol. The van der Waals surface area contributed by atoms with E-state index in [4.69, 9.17) is 14.6 Å². The van der Waals surface area contributed by atoms with E-state index in [-0.39, 0.29) is 28.3 Å². The molecule has 0 bridgehead atoms. The van der Waals surface area contributed by atoms with Crippen LogP contribution in [0.15, 0.2) is 82.3 Å². The number of hydroxylamine groups is 1. The summed E-state index contributed by atoms with van der Waals surface area (Å²) in [6, 6.07) is 15.0. The van der Waals surface area contributed by atoms with Crippen LogP contribution in [0.2, 0.25) is 0 Å². The number of ether oxygens (including phenoxy) is 1. The van der Waals surface area contributed by atoms with Crippen molar-refractivity contribution in [3.8, 4) is 11.5 Å². The number of pyridine rings is 1. The number of nitrogens with zero attached hydrogens (tertiary/aromatic N) is 2. The lowest BCUT2D eigenvalue weighted by Crippen LogP contribution is -2.24. The molecule has 1 aliphatic heterocycles. The van der Waals surface area contributed by atoms with Gasteiger partial charge in [-0.1, -0.05) is 47.2 Å². The molecule has 0 aliphatic carbocycles. The van der Waals surface area contributed by atoms with Gasteiger partial charge in [0.15, 0.2) is 0 Å². The SMILES string of the molecule is C/C=C(\CC)C1CCc2ccc(Oc3ccnc(C(=O)NOCI)c3)cc2N=C1Nc1ccc(SC(F)(F)F)cc1. The number of alkyl halides is 4. The summed E-state index contributed by atoms with van der Waals surface area (Å²) < 4.78 is 44.7. The molecule has 7 nitrogen and oxygen atoms in total. The Hall–Kier alpha value is -3.10. The predicted molar refractivity (Wildman–Crippen MR) is 163 cm³/mol. The average molecular weight is 697 g/mol. The molecule has 2 N–H and O–H groups in total. The molecule has 1 aliphatic rings. The minimum absolute atomic E-state index is 0.0111. The smallest absolute Gasteiger partial charge is 0.446 e. The van der Waals surface area contributed by atoms with E-state index in [0.29, 0.717) is 27.6 Å². The molecule has 216 valence electrons. The fraction of sp³-hybridized carbons (Fsp3) is 0.276. The number of hydrogen-bond donors (Lipinski definition) is 2. The molecule has 1 amide bonds. The number of benzene rings is 2. The molecule has 2 aromatic carbocycles. The number of thioether (sulfide) groups is 1. The van der Waals surface area contributed by atoms with Crippen LogP contribution < -0.4 is 15.5 Å². The Morgan fingerprint density at radius 2 is 1.90 bits per heavy atom. The molecule has 41 heavy (non-hydrogen) atoms. The van der Waals surface area contributed by atoms with Crippen LogP contribution in [0.3, 0.4) is 0 Å². The van der Waals surface area contributed by atoms with Crippen molar-refractivity contribution < 1.29 is 27.5 Å². The average Bonchev–Trinajstić information content (AvgIpc) is 3.12. The molecule has 1 aromatic heterocycles. The van der Waals surface area contributed by atoms with Crippen molar-refractivity contribution in [1.29, 1.82) is 0 Å². The van der Waals surface area contributed by atoms with Crippen molar-refractivity contribution in [3.05, 3.63) is 83.7 Å². The molecule has 1 atom stereocenters. The van der Waals surface area contributed by atoms with Crippen molar-refractivity contribution >= 4 is 57.5 Å². The molecule has 0 saturated carbocycles. The van der Waals surface area contributed by atoms with Gasteiger partial charge in [-0.15, -0.1) is 0 Å². The summed E-state index contributed by atoms with van der Waals surface area (Å²) in [4.78, 5) is 26.3. The number of aryl methyl sites for hydroxylation is 1. The highest BCUT2D eigenvalue weighted by molar-refractivity contribution is 14.1. The zero-order valence-electron chi connectivity index (χ0n) is 22.3. The molecule has 1 unspecified atom stereocenters. The summed E-state index contributed by atoms with van der Waals surface area (Å²) in [7, 11) is 0. The molecule has 3 aromatic rings. The Labute approximate surface area is 254 Å². The maximum atomic E-state index is 12.8. The van der Waals surface area contributed by atoms with Gasteiger partial charge >= 0.3 is 5.51 Å². The minimum Gasteiger partial charge on any atom is -0.457 e. The third-order valence-corrected chi connectivity index (χ3v) is 7.39. The molecule has 0 spiro atoms. The molecular weight excluding hydrogens is 668 g/mol. The first-order valence-corrected chi connectivity index (χ1v) is 15.1. The first kappa shape index (κ1) is 30.8. The van der Waals surface area contributed by atoms with E-state index in [0.717, 1.165) is 30.5 Å². The van der Waals surface area contributed by atoms with Gasteiger partial charge in [-0.05, 0) is 79.9 Å². The highest BCUT2D eigenvalue weighted by Crippen LogP contribution is 2.38. The first-order chi connectivity index (χ1) is 19.7. The summed E-state index contributed by atoms with van der Waals surface area (Å²) in [5.41, 5.74) is 1.75. The largest absolute Gasteiger partial charge is 0.457 e. The van der Waals surface area contributed by atoms with Crippen molar-refractivity contribution in [1.82, 2.24) is 10.5 Å². The van der Waals surface area contributed by atoms with E-state index in [1.165, 1.54) is 30.0 Å². The van der Waals surface area contributed by atoms with E-state index >= 15 is 0 Å². The summed E-state index contributed by atoms with van der Waals surface area (Å²) in [5, 5.41) is 3.37. The zero-order chi connectivity index (χ0) is 29.4. The maximum absolute atomic E-state index is 12.8. The van der Waals surface area contributed by atoms with Crippen molar-refractivity contribution in [2.45, 2.75) is 43.5 Å². The third-order valence-electron chi connectivity index (χ3n) is 6.34. The minimum atomic E-state index is -4.34. The first-order valence-electron chi connectivity index (χ1n) is 12.8. The Bertz CT molecular complexity index is 1430. The van der Waals surface area contributed by atoms with Crippen molar-refractivity contribution in [2.75, 3.05) is 9.93 Å². The second-order valence-corrected chi connectivity index (χ2v) is 10.7. The molecule has 2 heterocycles. The Balaban J connectivity index is 1.62. The van der Waals surface area contributed by atoms with Gasteiger partial charge in [0, 0.05) is 34.8 Å². The number of fused-ring (bicyclic) bond motifs is 1. The third kappa shape index (κ3) is 8.69. The van der Waals surface area contributed by atoms with Gasteiger partial charge in [0.2, 0.25) is 0 Å². The van der Waals surface area contributed by atoms with Gasteiger partial charge < -0.3 is 10.1 Å². The number of anilines is 1. The fourth-order valence-corrected chi connectivity index (χ4v) is 5.16. The summed E-state index contributed by atoms with van der Waals surface area (Å²) in [6.07, 6.45) is 6.01. The Kier molecular flexibility index (Phi) is 10.7. The normalized spacial score (nSPS) is 15.4. The lowest BCUT2D eigenvalue weighted by molar-refractivity contribution is -0.0328. The lowest BCUT2D eigenvalue weighted by Gasteiger charge is -2.21. The van der Waals surface area contributed by atoms with Crippen LogP contribution in [-0.2, 0) is 11.3 Å². The van der Waals surface area contributed by atoms with Gasteiger partial charge in [-0.3, -0.25) is 14.6 Å². The van der Waals surface area contributed by atoms with Crippen LogP contribution in [0.5, 0.6) is 11.5 Å². The number of aromatic nitrogens is 1. The van der Waals surface area contributed by atoms with Crippen LogP contribution >= 0.6 is 34.4 Å². The van der Waals surface area contributed by atoms with E-state index in [1.807, 2.05) is 47.7 Å². The summed E-state index contributed by atoms with van der Waals surface area (Å²) in [5.74, 6) is 1.19. The van der Waals surface area contributed by atoms with Gasteiger partial charge in [-0.25, -0.2) is 10.5 Å². The summed E-state index contributed by atoms with van der Waals surface area (Å²) in [6.45, 7) is 4.10. The van der Waals surface area contributed by atoms with E-state index in [2.05, 4.69) is 28.8 Å². The number of amidine groups is 1. The molecular formula is C29H28F3IN4O3S. The number of carbonyl (C=O) groups is 1. The number of rotatable bonds is 9. The highest BCUT2D eigenvalue weighted by Gasteiger charge is 2.29. The topological polar surface area (TPSA) is 84.8 Å². The van der Waals surface area contributed by atoms with Crippen molar-refractivity contribution in [2.24, 2.45) is 10.9 Å². The number of amides is 1. The number of nitrogens with one attached hydrogen (secondary N) is 2. The predicted octanol–water partition coefficient (Wildman–Crippen LogP) is 8.60. The number of halogens is 4. The second kappa shape index (κ2) is 14.2. The molecule has 12 heteroatoms. The standard InChI is InChI=1S/C29H28F3IN4O3S/c1-3-18(4-2)24-12-6-19-5-9-21(40-22-13-14-34-26(16-22)28(38)37-39-17-33)15-25(19)36-27(24)35-20-7-10-23(11-8-20)41-29(30,31)32/h3,5,7-11,13-16,24H,4,6,12,17H2,1-2H3,(H,35,36)(H,37,38)/b18-3+. The fourth-order valence-electron chi connectivity index (χ4n) is 4.46. The van der Waals surface area contributed by atoms with Crippen LogP contribution in [0.25, 0.3) is 0 Å². The number of carbonyl (C=O) groups excluding carboxylic acids is 1. The second-order valence-electron chi connectivity index (χ2n) is 8.96. The number of allylic oxidation sites excluding steroid dienone is 1. The lowest BCUT2D eigenvalue weighted by atomic mass is 9.90. The van der Waals surface area contributed by atoms with Crippen molar-refractivity contribution in [3.63, 3.8) is 0 Å². The van der Waals surface area contributed by atoms with Gasteiger partial charge in [-0.2, -0.15) is 13.2 Å². The van der Waals surface area contributed by atoms with E-state index in [1.54, 1.807) is 18.2 Å². The summed E-state index contributed by atoms with van der Waals surface area (Å²) >= 11 is 1.82. The van der Waals surface area contributed by atoms with Crippen LogP contribution in [0.4, 0.5) is 24.5 Å². The quantitative estimate of drug-likeness (QED) is 0.0767. The Morgan fingerprint density at radius 1 is 1.15 bits per heavy atom. The van der Waals surface area contributed by atoms with Crippen LogP contribution in [-0.4, -0.2) is 26.8 Å². The number of hydrogen-bond acceptors (Lipinski definition) is 7. The van der Waals surface area contributed by atoms with Crippen LogP contribution in [0.1, 0.15) is 42.7 Å². The van der Waals surface area contributed by atoms with Gasteiger partial charge in [0.25, 0.3) is 5.91 Å². The Morgan fingerprint density at radius 3 is 2.59 bits per heavy atom. The number of aliphatic imine (C=N–C) groups is 1.